The zero-order valence-corrected chi connectivity index (χ0v) is 14.7. The van der Waals surface area contributed by atoms with Gasteiger partial charge in [0, 0.05) is 19.6 Å². The molecule has 2 N–H and O–H groups in total. The van der Waals surface area contributed by atoms with Gasteiger partial charge in [0.2, 0.25) is 5.91 Å². The Balaban J connectivity index is 1.70. The standard InChI is InChI=1S/C19H26FN3O2/c1-2-8-19(9-3-10-19)13-22-18(25)23-12-11-21-17(24)16(23)14-4-6-15(20)7-5-14/h4-7,16H,2-3,8-13H2,1H3,(H,21,24)(H,22,25)/t16-/m0/s1. The first-order valence-electron chi connectivity index (χ1n) is 9.12. The molecule has 0 aromatic heterocycles. The Kier molecular flexibility index (Phi) is 5.25. The van der Waals surface area contributed by atoms with Crippen LogP contribution in [-0.4, -0.2) is 36.5 Å². The fourth-order valence-corrected chi connectivity index (χ4v) is 3.95. The maximum atomic E-state index is 13.2. The van der Waals surface area contributed by atoms with Crippen LogP contribution in [-0.2, 0) is 4.79 Å². The second-order valence-electron chi connectivity index (χ2n) is 7.20. The molecule has 0 radical (unpaired) electrons. The van der Waals surface area contributed by atoms with E-state index >= 15 is 0 Å². The molecule has 1 heterocycles. The minimum absolute atomic E-state index is 0.216. The number of hydrogen-bond donors (Lipinski definition) is 2. The summed E-state index contributed by atoms with van der Waals surface area (Å²) in [6.45, 7) is 3.71. The first kappa shape index (κ1) is 17.7. The lowest BCUT2D eigenvalue weighted by molar-refractivity contribution is -0.127. The van der Waals surface area contributed by atoms with Crippen LogP contribution in [0.3, 0.4) is 0 Å². The summed E-state index contributed by atoms with van der Waals surface area (Å²) >= 11 is 0. The highest BCUT2D eigenvalue weighted by atomic mass is 19.1. The first-order chi connectivity index (χ1) is 12.0. The van der Waals surface area contributed by atoms with Crippen molar-refractivity contribution < 1.29 is 14.0 Å². The molecule has 2 aliphatic rings. The van der Waals surface area contributed by atoms with Crippen LogP contribution in [0.2, 0.25) is 0 Å². The van der Waals surface area contributed by atoms with Crippen molar-refractivity contribution in [1.82, 2.24) is 15.5 Å². The van der Waals surface area contributed by atoms with Gasteiger partial charge in [0.05, 0.1) is 0 Å². The molecule has 1 aliphatic carbocycles. The van der Waals surface area contributed by atoms with Crippen molar-refractivity contribution in [3.05, 3.63) is 35.6 Å². The van der Waals surface area contributed by atoms with Gasteiger partial charge in [0.15, 0.2) is 0 Å². The van der Waals surface area contributed by atoms with Crippen LogP contribution in [0, 0.1) is 11.2 Å². The Morgan fingerprint density at radius 1 is 1.36 bits per heavy atom. The summed E-state index contributed by atoms with van der Waals surface area (Å²) in [7, 11) is 0. The molecule has 2 fully saturated rings. The van der Waals surface area contributed by atoms with Gasteiger partial charge in [-0.15, -0.1) is 0 Å². The molecule has 0 spiro atoms. The third-order valence-electron chi connectivity index (χ3n) is 5.47. The highest BCUT2D eigenvalue weighted by molar-refractivity contribution is 5.89. The van der Waals surface area contributed by atoms with Crippen LogP contribution in [0.1, 0.15) is 50.6 Å². The van der Waals surface area contributed by atoms with Gasteiger partial charge in [-0.25, -0.2) is 9.18 Å². The maximum Gasteiger partial charge on any atom is 0.318 e. The van der Waals surface area contributed by atoms with Crippen LogP contribution in [0.4, 0.5) is 9.18 Å². The van der Waals surface area contributed by atoms with E-state index < -0.39 is 6.04 Å². The number of halogens is 1. The summed E-state index contributed by atoms with van der Waals surface area (Å²) < 4.78 is 13.2. The van der Waals surface area contributed by atoms with Gasteiger partial charge >= 0.3 is 6.03 Å². The first-order valence-corrected chi connectivity index (χ1v) is 9.12. The number of hydrogen-bond acceptors (Lipinski definition) is 2. The fraction of sp³-hybridized carbons (Fsp3) is 0.579. The van der Waals surface area contributed by atoms with Gasteiger partial charge in [-0.05, 0) is 42.4 Å². The third-order valence-corrected chi connectivity index (χ3v) is 5.47. The van der Waals surface area contributed by atoms with Gasteiger partial charge in [-0.2, -0.15) is 0 Å². The Bertz CT molecular complexity index is 628. The minimum Gasteiger partial charge on any atom is -0.352 e. The van der Waals surface area contributed by atoms with Gasteiger partial charge in [0.25, 0.3) is 0 Å². The molecule has 1 saturated heterocycles. The van der Waals surface area contributed by atoms with Crippen molar-refractivity contribution in [3.63, 3.8) is 0 Å². The van der Waals surface area contributed by atoms with E-state index in [9.17, 15) is 14.0 Å². The summed E-state index contributed by atoms with van der Waals surface area (Å²) in [5.41, 5.74) is 0.856. The molecule has 25 heavy (non-hydrogen) atoms. The molecule has 0 unspecified atom stereocenters. The van der Waals surface area contributed by atoms with Crippen molar-refractivity contribution in [3.8, 4) is 0 Å². The number of benzene rings is 1. The predicted molar refractivity (Wildman–Crippen MR) is 93.4 cm³/mol. The summed E-state index contributed by atoms with van der Waals surface area (Å²) in [5.74, 6) is -0.581. The SMILES string of the molecule is CCCC1(CNC(=O)N2CCNC(=O)[C@@H]2c2ccc(F)cc2)CCC1. The Morgan fingerprint density at radius 2 is 2.08 bits per heavy atom. The topological polar surface area (TPSA) is 61.4 Å². The second-order valence-corrected chi connectivity index (χ2v) is 7.20. The van der Waals surface area contributed by atoms with E-state index in [1.807, 2.05) is 0 Å². The normalized spacial score (nSPS) is 22.1. The molecule has 1 atom stereocenters. The molecule has 136 valence electrons. The number of carbonyl (C=O) groups excluding carboxylic acids is 2. The molecule has 5 nitrogen and oxygen atoms in total. The lowest BCUT2D eigenvalue weighted by atomic mass is 9.66. The van der Waals surface area contributed by atoms with E-state index in [1.165, 1.54) is 18.6 Å². The van der Waals surface area contributed by atoms with Crippen LogP contribution in [0.5, 0.6) is 0 Å². The number of nitrogens with zero attached hydrogens (tertiary/aromatic N) is 1. The van der Waals surface area contributed by atoms with Crippen LogP contribution >= 0.6 is 0 Å². The number of amides is 3. The van der Waals surface area contributed by atoms with Crippen molar-refractivity contribution in [2.24, 2.45) is 5.41 Å². The lowest BCUT2D eigenvalue weighted by Crippen LogP contribution is -2.56. The van der Waals surface area contributed by atoms with Crippen LogP contribution < -0.4 is 10.6 Å². The molecule has 6 heteroatoms. The number of nitrogens with one attached hydrogen (secondary N) is 2. The third kappa shape index (κ3) is 3.78. The Hall–Kier alpha value is -2.11. The highest BCUT2D eigenvalue weighted by Crippen LogP contribution is 2.44. The zero-order valence-electron chi connectivity index (χ0n) is 14.7. The maximum absolute atomic E-state index is 13.2. The fourth-order valence-electron chi connectivity index (χ4n) is 3.95. The molecule has 1 aromatic rings. The minimum atomic E-state index is -0.710. The molecule has 3 amide bonds. The Morgan fingerprint density at radius 3 is 2.68 bits per heavy atom. The summed E-state index contributed by atoms with van der Waals surface area (Å²) in [6.07, 6.45) is 5.77. The van der Waals surface area contributed by atoms with Crippen molar-refractivity contribution in [2.75, 3.05) is 19.6 Å². The number of rotatable bonds is 5. The summed E-state index contributed by atoms with van der Waals surface area (Å²) in [5, 5.41) is 5.84. The molecule has 1 aromatic carbocycles. The number of urea groups is 1. The monoisotopic (exact) mass is 347 g/mol. The van der Waals surface area contributed by atoms with E-state index in [0.29, 0.717) is 25.2 Å². The molecule has 0 bridgehead atoms. The van der Waals surface area contributed by atoms with Gasteiger partial charge < -0.3 is 15.5 Å². The zero-order chi connectivity index (χ0) is 17.9. The van der Waals surface area contributed by atoms with Crippen LogP contribution in [0.15, 0.2) is 24.3 Å². The highest BCUT2D eigenvalue weighted by Gasteiger charge is 2.38. The molecule has 1 saturated carbocycles. The summed E-state index contributed by atoms with van der Waals surface area (Å²) in [4.78, 5) is 26.6. The quantitative estimate of drug-likeness (QED) is 0.860. The van der Waals surface area contributed by atoms with E-state index in [1.54, 1.807) is 17.0 Å². The van der Waals surface area contributed by atoms with Gasteiger partial charge in [-0.3, -0.25) is 4.79 Å². The van der Waals surface area contributed by atoms with E-state index in [0.717, 1.165) is 25.7 Å². The largest absolute Gasteiger partial charge is 0.352 e. The second kappa shape index (κ2) is 7.42. The van der Waals surface area contributed by atoms with Gasteiger partial charge in [0.1, 0.15) is 11.9 Å². The van der Waals surface area contributed by atoms with Crippen molar-refractivity contribution in [1.29, 1.82) is 0 Å². The number of carbonyl (C=O) groups is 2. The predicted octanol–water partition coefficient (Wildman–Crippen LogP) is 2.98. The average Bonchev–Trinajstić information content (AvgIpc) is 2.57. The average molecular weight is 347 g/mol. The van der Waals surface area contributed by atoms with E-state index in [2.05, 4.69) is 17.6 Å². The number of piperazine rings is 1. The van der Waals surface area contributed by atoms with E-state index in [-0.39, 0.29) is 23.2 Å². The van der Waals surface area contributed by atoms with Crippen molar-refractivity contribution in [2.45, 2.75) is 45.1 Å². The molecule has 1 aliphatic heterocycles. The Labute approximate surface area is 148 Å². The molecular weight excluding hydrogens is 321 g/mol. The molecule has 3 rings (SSSR count). The summed E-state index contributed by atoms with van der Waals surface area (Å²) in [6, 6.07) is 4.84. The van der Waals surface area contributed by atoms with Crippen LogP contribution in [0.25, 0.3) is 0 Å². The van der Waals surface area contributed by atoms with Crippen molar-refractivity contribution >= 4 is 11.9 Å². The lowest BCUT2D eigenvalue weighted by Gasteiger charge is -2.43. The van der Waals surface area contributed by atoms with Gasteiger partial charge in [-0.1, -0.05) is 31.9 Å². The smallest absolute Gasteiger partial charge is 0.318 e. The molecular formula is C19H26FN3O2. The van der Waals surface area contributed by atoms with E-state index in [4.69, 9.17) is 0 Å².